The molecule has 2 aromatic rings. The van der Waals surface area contributed by atoms with E-state index in [1.807, 2.05) is 48.5 Å². The minimum absolute atomic E-state index is 0.164. The van der Waals surface area contributed by atoms with Crippen LogP contribution in [0.25, 0.3) is 0 Å². The summed E-state index contributed by atoms with van der Waals surface area (Å²) in [6, 6.07) is 15.2. The molecule has 0 aromatic heterocycles. The summed E-state index contributed by atoms with van der Waals surface area (Å²) < 4.78 is 1.96. The molecule has 21 heavy (non-hydrogen) atoms. The Kier molecular flexibility index (Phi) is 5.95. The molecule has 0 aliphatic rings. The Morgan fingerprint density at radius 2 is 1.86 bits per heavy atom. The van der Waals surface area contributed by atoms with Gasteiger partial charge in [0.15, 0.2) is 0 Å². The third-order valence-electron chi connectivity index (χ3n) is 2.55. The molecule has 0 atom stereocenters. The van der Waals surface area contributed by atoms with Gasteiger partial charge >= 0.3 is 0 Å². The number of amides is 1. The molecule has 4 nitrogen and oxygen atoms in total. The van der Waals surface area contributed by atoms with Crippen LogP contribution in [0.1, 0.15) is 5.56 Å². The van der Waals surface area contributed by atoms with Gasteiger partial charge in [-0.2, -0.15) is 5.10 Å². The van der Waals surface area contributed by atoms with Crippen LogP contribution in [0.5, 0.6) is 0 Å². The number of hydrogen-bond donors (Lipinski definition) is 2. The number of carbonyl (C=O) groups excluding carboxylic acids is 1. The summed E-state index contributed by atoms with van der Waals surface area (Å²) in [6.45, 7) is 0.164. The average molecular weight is 411 g/mol. The first-order chi connectivity index (χ1) is 10.1. The zero-order valence-corrected chi connectivity index (χ0v) is 14.2. The molecule has 2 rings (SSSR count). The van der Waals surface area contributed by atoms with Gasteiger partial charge in [-0.05, 0) is 42.0 Å². The van der Waals surface area contributed by atoms with Gasteiger partial charge in [-0.25, -0.2) is 5.43 Å². The Labute approximate surface area is 139 Å². The molecular weight excluding hydrogens is 398 g/mol. The number of nitrogens with zero attached hydrogens (tertiary/aromatic N) is 1. The van der Waals surface area contributed by atoms with Crippen LogP contribution in [0.3, 0.4) is 0 Å². The van der Waals surface area contributed by atoms with Crippen molar-refractivity contribution >= 4 is 49.7 Å². The van der Waals surface area contributed by atoms with Crippen molar-refractivity contribution in [2.75, 3.05) is 11.9 Å². The van der Waals surface area contributed by atoms with Crippen molar-refractivity contribution in [2.24, 2.45) is 5.10 Å². The van der Waals surface area contributed by atoms with Crippen LogP contribution in [-0.4, -0.2) is 18.7 Å². The Bertz CT molecular complexity index is 642. The summed E-state index contributed by atoms with van der Waals surface area (Å²) in [6.07, 6.45) is 1.60. The lowest BCUT2D eigenvalue weighted by molar-refractivity contribution is -0.119. The van der Waals surface area contributed by atoms with Crippen molar-refractivity contribution in [3.63, 3.8) is 0 Å². The fourth-order valence-corrected chi connectivity index (χ4v) is 2.24. The van der Waals surface area contributed by atoms with Gasteiger partial charge in [-0.1, -0.05) is 44.0 Å². The molecule has 0 spiro atoms. The first-order valence-corrected chi connectivity index (χ1v) is 7.79. The van der Waals surface area contributed by atoms with Crippen LogP contribution < -0.4 is 10.7 Å². The van der Waals surface area contributed by atoms with E-state index in [4.69, 9.17) is 0 Å². The molecule has 0 heterocycles. The summed E-state index contributed by atoms with van der Waals surface area (Å²) in [5, 5.41) is 6.93. The largest absolute Gasteiger partial charge is 0.376 e. The maximum atomic E-state index is 11.6. The van der Waals surface area contributed by atoms with Crippen molar-refractivity contribution in [3.8, 4) is 0 Å². The lowest BCUT2D eigenvalue weighted by atomic mass is 10.2. The van der Waals surface area contributed by atoms with Crippen molar-refractivity contribution in [1.82, 2.24) is 5.43 Å². The number of hydrogen-bond acceptors (Lipinski definition) is 3. The van der Waals surface area contributed by atoms with Gasteiger partial charge < -0.3 is 5.32 Å². The van der Waals surface area contributed by atoms with Crippen molar-refractivity contribution < 1.29 is 4.79 Å². The third kappa shape index (κ3) is 5.69. The molecular formula is C15H13Br2N3O. The van der Waals surface area contributed by atoms with Crippen LogP contribution in [-0.2, 0) is 4.79 Å². The minimum atomic E-state index is -0.204. The van der Waals surface area contributed by atoms with E-state index < -0.39 is 0 Å². The third-order valence-corrected chi connectivity index (χ3v) is 3.57. The molecule has 108 valence electrons. The van der Waals surface area contributed by atoms with Crippen molar-refractivity contribution in [1.29, 1.82) is 0 Å². The fraction of sp³-hybridized carbons (Fsp3) is 0.0667. The topological polar surface area (TPSA) is 53.5 Å². The van der Waals surface area contributed by atoms with E-state index in [-0.39, 0.29) is 12.5 Å². The highest BCUT2D eigenvalue weighted by Crippen LogP contribution is 2.13. The van der Waals surface area contributed by atoms with E-state index in [9.17, 15) is 4.79 Å². The summed E-state index contributed by atoms with van der Waals surface area (Å²) in [4.78, 5) is 11.6. The van der Waals surface area contributed by atoms with E-state index in [0.717, 1.165) is 20.2 Å². The van der Waals surface area contributed by atoms with Crippen LogP contribution >= 0.6 is 31.9 Å². The first-order valence-electron chi connectivity index (χ1n) is 6.20. The summed E-state index contributed by atoms with van der Waals surface area (Å²) >= 11 is 6.73. The number of hydrazone groups is 1. The van der Waals surface area contributed by atoms with Crippen LogP contribution in [0.15, 0.2) is 62.6 Å². The number of halogens is 2. The molecule has 0 bridgehead atoms. The highest BCUT2D eigenvalue weighted by Gasteiger charge is 1.99. The Hall–Kier alpha value is -1.66. The lowest BCUT2D eigenvalue weighted by Gasteiger charge is -2.05. The number of rotatable bonds is 5. The van der Waals surface area contributed by atoms with Gasteiger partial charge in [0.1, 0.15) is 0 Å². The van der Waals surface area contributed by atoms with Gasteiger partial charge in [0.25, 0.3) is 5.91 Å². The van der Waals surface area contributed by atoms with Gasteiger partial charge in [0, 0.05) is 14.6 Å². The molecule has 0 aliphatic heterocycles. The monoisotopic (exact) mass is 409 g/mol. The SMILES string of the molecule is O=C(CNc1ccc(Br)cc1)N/N=C\c1cccc(Br)c1. The van der Waals surface area contributed by atoms with Gasteiger partial charge in [0.05, 0.1) is 12.8 Å². The van der Waals surface area contributed by atoms with Crippen molar-refractivity contribution in [3.05, 3.63) is 63.0 Å². The molecule has 0 saturated carbocycles. The molecule has 0 fully saturated rings. The summed E-state index contributed by atoms with van der Waals surface area (Å²) in [5.41, 5.74) is 4.26. The minimum Gasteiger partial charge on any atom is -0.376 e. The van der Waals surface area contributed by atoms with E-state index in [2.05, 4.69) is 47.7 Å². The fourth-order valence-electron chi connectivity index (χ4n) is 1.56. The maximum Gasteiger partial charge on any atom is 0.259 e. The first kappa shape index (κ1) is 15.7. The molecule has 0 aliphatic carbocycles. The zero-order valence-electron chi connectivity index (χ0n) is 11.0. The molecule has 0 radical (unpaired) electrons. The predicted octanol–water partition coefficient (Wildman–Crippen LogP) is 3.77. The molecule has 0 unspecified atom stereocenters. The second kappa shape index (κ2) is 7.95. The van der Waals surface area contributed by atoms with E-state index in [1.54, 1.807) is 6.21 Å². The van der Waals surface area contributed by atoms with Crippen LogP contribution in [0.4, 0.5) is 5.69 Å². The van der Waals surface area contributed by atoms with Crippen LogP contribution in [0.2, 0.25) is 0 Å². The predicted molar refractivity (Wildman–Crippen MR) is 92.5 cm³/mol. The van der Waals surface area contributed by atoms with E-state index >= 15 is 0 Å². The Morgan fingerprint density at radius 3 is 2.57 bits per heavy atom. The molecule has 0 saturated heterocycles. The molecule has 2 N–H and O–H groups in total. The maximum absolute atomic E-state index is 11.6. The second-order valence-electron chi connectivity index (χ2n) is 4.21. The quantitative estimate of drug-likeness (QED) is 0.582. The Morgan fingerprint density at radius 1 is 1.10 bits per heavy atom. The van der Waals surface area contributed by atoms with Gasteiger partial charge in [0.2, 0.25) is 0 Å². The molecule has 6 heteroatoms. The smallest absolute Gasteiger partial charge is 0.259 e. The zero-order chi connectivity index (χ0) is 15.1. The van der Waals surface area contributed by atoms with E-state index in [1.165, 1.54) is 0 Å². The van der Waals surface area contributed by atoms with Gasteiger partial charge in [-0.3, -0.25) is 4.79 Å². The van der Waals surface area contributed by atoms with Crippen molar-refractivity contribution in [2.45, 2.75) is 0 Å². The average Bonchev–Trinajstić information content (AvgIpc) is 2.47. The standard InChI is InChI=1S/C15H13Br2N3O/c16-12-4-6-14(7-5-12)18-10-15(21)20-19-9-11-2-1-3-13(17)8-11/h1-9,18H,10H2,(H,20,21)/b19-9-. The summed E-state index contributed by atoms with van der Waals surface area (Å²) in [5.74, 6) is -0.204. The molecule has 2 aromatic carbocycles. The number of anilines is 1. The number of benzene rings is 2. The Balaban J connectivity index is 1.78. The second-order valence-corrected chi connectivity index (χ2v) is 6.04. The lowest BCUT2D eigenvalue weighted by Crippen LogP contribution is -2.25. The van der Waals surface area contributed by atoms with Gasteiger partial charge in [-0.15, -0.1) is 0 Å². The normalized spacial score (nSPS) is 10.6. The van der Waals surface area contributed by atoms with Crippen LogP contribution in [0, 0.1) is 0 Å². The molecule has 1 amide bonds. The highest BCUT2D eigenvalue weighted by molar-refractivity contribution is 9.10. The number of carbonyl (C=O) groups is 1. The highest BCUT2D eigenvalue weighted by atomic mass is 79.9. The van der Waals surface area contributed by atoms with E-state index in [0.29, 0.717) is 0 Å². The number of nitrogens with one attached hydrogen (secondary N) is 2. The summed E-state index contributed by atoms with van der Waals surface area (Å²) in [7, 11) is 0.